The van der Waals surface area contributed by atoms with E-state index < -0.39 is 10.2 Å². The van der Waals surface area contributed by atoms with Crippen molar-refractivity contribution in [3.05, 3.63) is 45.9 Å². The Labute approximate surface area is 193 Å². The van der Waals surface area contributed by atoms with Crippen LogP contribution in [0.4, 0.5) is 5.69 Å². The monoisotopic (exact) mass is 477 g/mol. The van der Waals surface area contributed by atoms with Gasteiger partial charge in [-0.15, -0.1) is 11.3 Å². The first-order chi connectivity index (χ1) is 15.0. The molecule has 0 fully saturated rings. The molecule has 8 nitrogen and oxygen atoms in total. The highest BCUT2D eigenvalue weighted by Gasteiger charge is 2.23. The molecular formula is C22H31N5O3S2. The first kappa shape index (κ1) is 24.2. The van der Waals surface area contributed by atoms with Gasteiger partial charge in [-0.3, -0.25) is 9.52 Å². The molecule has 2 heterocycles. The lowest BCUT2D eigenvalue weighted by atomic mass is 10.1. The van der Waals surface area contributed by atoms with Gasteiger partial charge >= 0.3 is 10.2 Å². The highest BCUT2D eigenvalue weighted by molar-refractivity contribution is 7.90. The normalized spacial score (nSPS) is 13.1. The molecule has 10 heteroatoms. The van der Waals surface area contributed by atoms with Crippen molar-refractivity contribution in [2.75, 3.05) is 18.8 Å². The third-order valence-electron chi connectivity index (χ3n) is 5.23. The molecule has 2 N–H and O–H groups in total. The summed E-state index contributed by atoms with van der Waals surface area (Å²) in [5.74, 6) is 0.972. The van der Waals surface area contributed by atoms with Gasteiger partial charge in [0, 0.05) is 32.4 Å². The molecular weight excluding hydrogens is 446 g/mol. The van der Waals surface area contributed by atoms with Crippen molar-refractivity contribution in [3.63, 3.8) is 0 Å². The summed E-state index contributed by atoms with van der Waals surface area (Å²) in [5, 5.41) is 5.09. The van der Waals surface area contributed by atoms with Crippen molar-refractivity contribution < 1.29 is 13.2 Å². The number of fused-ring (bicyclic) bond motifs is 1. The van der Waals surface area contributed by atoms with Gasteiger partial charge < -0.3 is 9.88 Å². The molecule has 1 amide bonds. The van der Waals surface area contributed by atoms with E-state index in [0.29, 0.717) is 28.2 Å². The molecule has 174 valence electrons. The lowest BCUT2D eigenvalue weighted by molar-refractivity contribution is 0.0937. The number of anilines is 1. The van der Waals surface area contributed by atoms with E-state index in [0.717, 1.165) is 27.8 Å². The summed E-state index contributed by atoms with van der Waals surface area (Å²) in [5.41, 5.74) is 1.96. The van der Waals surface area contributed by atoms with Crippen LogP contribution in [0, 0.1) is 5.92 Å². The number of amides is 1. The molecule has 1 aromatic carbocycles. The average molecular weight is 478 g/mol. The maximum Gasteiger partial charge on any atom is 0.301 e. The lowest BCUT2D eigenvalue weighted by Crippen LogP contribution is -2.30. The predicted molar refractivity (Wildman–Crippen MR) is 130 cm³/mol. The molecule has 3 aromatic rings. The first-order valence-corrected chi connectivity index (χ1v) is 12.9. The fourth-order valence-electron chi connectivity index (χ4n) is 3.52. The Morgan fingerprint density at radius 2 is 2.00 bits per heavy atom. The second-order valence-electron chi connectivity index (χ2n) is 8.42. The summed E-state index contributed by atoms with van der Waals surface area (Å²) in [6, 6.07) is 7.10. The summed E-state index contributed by atoms with van der Waals surface area (Å²) in [4.78, 5) is 19.2. The van der Waals surface area contributed by atoms with Gasteiger partial charge in [0.25, 0.3) is 5.91 Å². The minimum atomic E-state index is -3.73. The van der Waals surface area contributed by atoms with Crippen LogP contribution in [-0.4, -0.2) is 42.3 Å². The smallest absolute Gasteiger partial charge is 0.301 e. The lowest BCUT2D eigenvalue weighted by Gasteiger charge is -2.18. The molecule has 0 bridgehead atoms. The van der Waals surface area contributed by atoms with Gasteiger partial charge in [-0.1, -0.05) is 26.8 Å². The third kappa shape index (κ3) is 5.13. The number of rotatable bonds is 9. The van der Waals surface area contributed by atoms with Crippen LogP contribution in [0.25, 0.3) is 11.0 Å². The van der Waals surface area contributed by atoms with Crippen LogP contribution >= 0.6 is 11.3 Å². The van der Waals surface area contributed by atoms with Crippen LogP contribution in [0.15, 0.2) is 29.6 Å². The van der Waals surface area contributed by atoms with Crippen molar-refractivity contribution in [1.29, 1.82) is 0 Å². The van der Waals surface area contributed by atoms with Crippen molar-refractivity contribution in [2.24, 2.45) is 13.0 Å². The van der Waals surface area contributed by atoms with Gasteiger partial charge in [0.1, 0.15) is 5.82 Å². The second kappa shape index (κ2) is 9.60. The van der Waals surface area contributed by atoms with Crippen LogP contribution in [-0.2, 0) is 23.7 Å². The highest BCUT2D eigenvalue weighted by Crippen LogP contribution is 2.28. The summed E-state index contributed by atoms with van der Waals surface area (Å²) >= 11 is 1.60. The predicted octanol–water partition coefficient (Wildman–Crippen LogP) is 3.93. The van der Waals surface area contributed by atoms with E-state index in [1.807, 2.05) is 36.1 Å². The highest BCUT2D eigenvalue weighted by atomic mass is 32.2. The Balaban J connectivity index is 2.10. The maximum absolute atomic E-state index is 13.4. The Bertz CT molecular complexity index is 1200. The molecule has 32 heavy (non-hydrogen) atoms. The van der Waals surface area contributed by atoms with Crippen molar-refractivity contribution >= 4 is 44.2 Å². The Morgan fingerprint density at radius 1 is 1.28 bits per heavy atom. The van der Waals surface area contributed by atoms with Gasteiger partial charge in [0.05, 0.1) is 28.3 Å². The molecule has 0 saturated heterocycles. The molecule has 0 radical (unpaired) electrons. The number of aromatic nitrogens is 2. The van der Waals surface area contributed by atoms with Gasteiger partial charge in [-0.25, -0.2) is 4.98 Å². The van der Waals surface area contributed by atoms with E-state index >= 15 is 0 Å². The van der Waals surface area contributed by atoms with Crippen LogP contribution in [0.2, 0.25) is 0 Å². The van der Waals surface area contributed by atoms with Crippen molar-refractivity contribution in [3.8, 4) is 0 Å². The number of imidazole rings is 1. The number of benzene rings is 1. The first-order valence-electron chi connectivity index (χ1n) is 10.6. The zero-order valence-corrected chi connectivity index (χ0v) is 21.0. The maximum atomic E-state index is 13.4. The van der Waals surface area contributed by atoms with Gasteiger partial charge in [0.15, 0.2) is 0 Å². The van der Waals surface area contributed by atoms with Gasteiger partial charge in [-0.05, 0) is 35.9 Å². The van der Waals surface area contributed by atoms with E-state index in [-0.39, 0.29) is 11.9 Å². The number of nitrogens with one attached hydrogen (secondary N) is 2. The number of hydrogen-bond acceptors (Lipinski definition) is 5. The zero-order valence-electron chi connectivity index (χ0n) is 19.3. The molecule has 1 unspecified atom stereocenters. The van der Waals surface area contributed by atoms with Crippen molar-refractivity contribution in [2.45, 2.75) is 39.7 Å². The third-order valence-corrected chi connectivity index (χ3v) is 7.67. The van der Waals surface area contributed by atoms with Crippen LogP contribution in [0.5, 0.6) is 0 Å². The van der Waals surface area contributed by atoms with Gasteiger partial charge in [0.2, 0.25) is 0 Å². The summed E-state index contributed by atoms with van der Waals surface area (Å²) in [6.07, 6.45) is 1.49. The van der Waals surface area contributed by atoms with E-state index in [9.17, 15) is 13.2 Å². The number of aryl methyl sites for hydroxylation is 1. The molecule has 0 aliphatic heterocycles. The minimum absolute atomic E-state index is 0.122. The molecule has 0 spiro atoms. The molecule has 3 rings (SSSR count). The largest absolute Gasteiger partial charge is 0.344 e. The molecule has 0 saturated carbocycles. The van der Waals surface area contributed by atoms with Crippen LogP contribution in [0.1, 0.15) is 54.3 Å². The quantitative estimate of drug-likeness (QED) is 0.488. The topological polar surface area (TPSA) is 96.3 Å². The number of carbonyl (C=O) groups is 1. The number of thiophene rings is 1. The molecule has 0 aliphatic rings. The molecule has 2 aromatic heterocycles. The average Bonchev–Trinajstić information content (AvgIpc) is 3.33. The Hall–Kier alpha value is -2.43. The van der Waals surface area contributed by atoms with Crippen molar-refractivity contribution in [1.82, 2.24) is 19.2 Å². The van der Waals surface area contributed by atoms with Gasteiger partial charge in [-0.2, -0.15) is 12.7 Å². The summed E-state index contributed by atoms with van der Waals surface area (Å²) in [7, 11) is 1.06. The standard InChI is InChI=1S/C22H31N5O3S2/c1-7-17(19-9-8-10-31-19)24-22(28)16-12-15(25-32(29,30)26(4)5)13-18-21(16)27(6)20(23-18)11-14(2)3/h8-10,12-14,17,25H,7,11H2,1-6H3,(H,24,28). The summed E-state index contributed by atoms with van der Waals surface area (Å²) in [6.45, 7) is 6.24. The van der Waals surface area contributed by atoms with E-state index in [4.69, 9.17) is 4.98 Å². The SMILES string of the molecule is CCC(NC(=O)c1cc(NS(=O)(=O)N(C)C)cc2nc(CC(C)C)n(C)c12)c1cccs1. The fourth-order valence-corrected chi connectivity index (χ4v) is 4.98. The Morgan fingerprint density at radius 3 is 2.56 bits per heavy atom. The van der Waals surface area contributed by atoms with E-state index in [1.165, 1.54) is 14.1 Å². The number of hydrogen-bond donors (Lipinski definition) is 2. The van der Waals surface area contributed by atoms with E-state index in [1.54, 1.807) is 23.5 Å². The number of carbonyl (C=O) groups excluding carboxylic acids is 1. The summed E-state index contributed by atoms with van der Waals surface area (Å²) < 4.78 is 30.4. The zero-order chi connectivity index (χ0) is 23.6. The number of nitrogens with zero attached hydrogens (tertiary/aromatic N) is 3. The fraction of sp³-hybridized carbons (Fsp3) is 0.455. The molecule has 0 aliphatic carbocycles. The molecule has 1 atom stereocenters. The Kier molecular flexibility index (Phi) is 7.26. The second-order valence-corrected chi connectivity index (χ2v) is 11.3. The van der Waals surface area contributed by atoms with Crippen LogP contribution < -0.4 is 10.0 Å². The van der Waals surface area contributed by atoms with E-state index in [2.05, 4.69) is 23.9 Å². The minimum Gasteiger partial charge on any atom is -0.344 e. The van der Waals surface area contributed by atoms with Crippen LogP contribution in [0.3, 0.4) is 0 Å².